The summed E-state index contributed by atoms with van der Waals surface area (Å²) in [6.07, 6.45) is 1.67. The van der Waals surface area contributed by atoms with Crippen molar-refractivity contribution in [1.82, 2.24) is 0 Å². The molecule has 0 spiro atoms. The van der Waals surface area contributed by atoms with Gasteiger partial charge in [-0.05, 0) is 36.2 Å². The Morgan fingerprint density at radius 1 is 1.30 bits per heavy atom. The number of aryl methyl sites for hydroxylation is 1. The lowest BCUT2D eigenvalue weighted by Gasteiger charge is -2.05. The molecule has 5 heteroatoms. The molecule has 0 bridgehead atoms. The molecule has 0 radical (unpaired) electrons. The average Bonchev–Trinajstić information content (AvgIpc) is 2.42. The fourth-order valence-electron chi connectivity index (χ4n) is 1.65. The Hall–Kier alpha value is -2.33. The van der Waals surface area contributed by atoms with E-state index in [2.05, 4.69) is 10.5 Å². The average molecular weight is 289 g/mol. The number of carboxylic acid groups (broad SMARTS) is 1. The molecule has 0 saturated carbocycles. The van der Waals surface area contributed by atoms with Crippen LogP contribution in [0.5, 0.6) is 0 Å². The standard InChI is InChI=1S/C15H13ClN2O2/c1-10-4-2-3-5-12(10)9-17-18-14-8-11(15(19)20)6-7-13(14)16/h2-9,18H,1H3,(H,19,20)/b17-9-. The SMILES string of the molecule is Cc1ccccc1/C=N\Nc1cc(C(=O)O)ccc1Cl. The zero-order valence-electron chi connectivity index (χ0n) is 10.8. The molecule has 102 valence electrons. The summed E-state index contributed by atoms with van der Waals surface area (Å²) in [6, 6.07) is 12.2. The van der Waals surface area contributed by atoms with E-state index in [1.54, 1.807) is 6.21 Å². The number of carbonyl (C=O) groups is 1. The number of hydrogen-bond donors (Lipinski definition) is 2. The van der Waals surface area contributed by atoms with Gasteiger partial charge in [-0.1, -0.05) is 35.9 Å². The molecular weight excluding hydrogens is 276 g/mol. The molecule has 0 saturated heterocycles. The van der Waals surface area contributed by atoms with Crippen molar-refractivity contribution in [2.45, 2.75) is 6.92 Å². The number of aromatic carboxylic acids is 1. The molecule has 2 rings (SSSR count). The fraction of sp³-hybridized carbons (Fsp3) is 0.0667. The van der Waals surface area contributed by atoms with Crippen LogP contribution in [0.3, 0.4) is 0 Å². The zero-order valence-corrected chi connectivity index (χ0v) is 11.6. The summed E-state index contributed by atoms with van der Waals surface area (Å²) in [7, 11) is 0. The van der Waals surface area contributed by atoms with E-state index in [1.165, 1.54) is 18.2 Å². The smallest absolute Gasteiger partial charge is 0.335 e. The highest BCUT2D eigenvalue weighted by atomic mass is 35.5. The Labute approximate surface area is 121 Å². The molecule has 0 fully saturated rings. The molecular formula is C15H13ClN2O2. The molecule has 4 nitrogen and oxygen atoms in total. The molecule has 2 aromatic rings. The highest BCUT2D eigenvalue weighted by Gasteiger charge is 2.06. The number of carboxylic acids is 1. The lowest BCUT2D eigenvalue weighted by atomic mass is 10.1. The first-order chi connectivity index (χ1) is 9.58. The molecule has 0 heterocycles. The summed E-state index contributed by atoms with van der Waals surface area (Å²) >= 11 is 5.98. The van der Waals surface area contributed by atoms with Crippen LogP contribution < -0.4 is 5.43 Å². The van der Waals surface area contributed by atoms with Crippen molar-refractivity contribution in [3.63, 3.8) is 0 Å². The molecule has 0 atom stereocenters. The summed E-state index contributed by atoms with van der Waals surface area (Å²) in [6.45, 7) is 1.99. The third-order valence-electron chi connectivity index (χ3n) is 2.79. The fourth-order valence-corrected chi connectivity index (χ4v) is 1.81. The summed E-state index contributed by atoms with van der Waals surface area (Å²) < 4.78 is 0. The third kappa shape index (κ3) is 3.36. The second kappa shape index (κ2) is 6.21. The van der Waals surface area contributed by atoms with Gasteiger partial charge in [0.2, 0.25) is 0 Å². The number of nitrogens with one attached hydrogen (secondary N) is 1. The lowest BCUT2D eigenvalue weighted by molar-refractivity contribution is 0.0697. The van der Waals surface area contributed by atoms with Gasteiger partial charge >= 0.3 is 5.97 Å². The van der Waals surface area contributed by atoms with Crippen LogP contribution in [0.2, 0.25) is 5.02 Å². The Morgan fingerprint density at radius 3 is 2.75 bits per heavy atom. The van der Waals surface area contributed by atoms with E-state index in [9.17, 15) is 4.79 Å². The van der Waals surface area contributed by atoms with Crippen molar-refractivity contribution in [2.75, 3.05) is 5.43 Å². The van der Waals surface area contributed by atoms with Crippen LogP contribution in [-0.2, 0) is 0 Å². The van der Waals surface area contributed by atoms with Gasteiger partial charge in [0.1, 0.15) is 0 Å². The van der Waals surface area contributed by atoms with Crippen LogP contribution in [0.1, 0.15) is 21.5 Å². The van der Waals surface area contributed by atoms with Crippen LogP contribution in [0, 0.1) is 6.92 Å². The Bertz CT molecular complexity index is 669. The van der Waals surface area contributed by atoms with E-state index in [4.69, 9.17) is 16.7 Å². The number of halogens is 1. The number of anilines is 1. The molecule has 0 unspecified atom stereocenters. The molecule has 0 aliphatic carbocycles. The van der Waals surface area contributed by atoms with E-state index in [1.807, 2.05) is 31.2 Å². The Balaban J connectivity index is 2.17. The van der Waals surface area contributed by atoms with Crippen LogP contribution in [-0.4, -0.2) is 17.3 Å². The number of hydrogen-bond acceptors (Lipinski definition) is 3. The normalized spacial score (nSPS) is 10.7. The van der Waals surface area contributed by atoms with Gasteiger partial charge < -0.3 is 5.11 Å². The van der Waals surface area contributed by atoms with Crippen molar-refractivity contribution in [3.05, 3.63) is 64.2 Å². The number of hydrazone groups is 1. The van der Waals surface area contributed by atoms with Gasteiger partial charge in [0.25, 0.3) is 0 Å². The Morgan fingerprint density at radius 2 is 2.05 bits per heavy atom. The van der Waals surface area contributed by atoms with Gasteiger partial charge in [0.05, 0.1) is 22.5 Å². The van der Waals surface area contributed by atoms with Gasteiger partial charge in [0.15, 0.2) is 0 Å². The van der Waals surface area contributed by atoms with E-state index in [-0.39, 0.29) is 5.56 Å². The van der Waals surface area contributed by atoms with E-state index >= 15 is 0 Å². The maximum Gasteiger partial charge on any atom is 0.335 e. The molecule has 20 heavy (non-hydrogen) atoms. The van der Waals surface area contributed by atoms with Gasteiger partial charge in [-0.2, -0.15) is 5.10 Å². The lowest BCUT2D eigenvalue weighted by Crippen LogP contribution is -1.99. The first kappa shape index (κ1) is 14.1. The molecule has 0 aliphatic heterocycles. The number of nitrogens with zero attached hydrogens (tertiary/aromatic N) is 1. The summed E-state index contributed by atoms with van der Waals surface area (Å²) in [5.41, 5.74) is 5.45. The minimum Gasteiger partial charge on any atom is -0.478 e. The third-order valence-corrected chi connectivity index (χ3v) is 3.12. The largest absolute Gasteiger partial charge is 0.478 e. The highest BCUT2D eigenvalue weighted by Crippen LogP contribution is 2.23. The maximum atomic E-state index is 10.9. The second-order valence-corrected chi connectivity index (χ2v) is 4.63. The molecule has 0 aromatic heterocycles. The minimum absolute atomic E-state index is 0.156. The summed E-state index contributed by atoms with van der Waals surface area (Å²) in [4.78, 5) is 10.9. The summed E-state index contributed by atoms with van der Waals surface area (Å²) in [5, 5.41) is 13.4. The van der Waals surface area contributed by atoms with E-state index < -0.39 is 5.97 Å². The van der Waals surface area contributed by atoms with Crippen LogP contribution in [0.15, 0.2) is 47.6 Å². The predicted molar refractivity (Wildman–Crippen MR) is 80.8 cm³/mol. The van der Waals surface area contributed by atoms with Crippen molar-refractivity contribution in [1.29, 1.82) is 0 Å². The van der Waals surface area contributed by atoms with Crippen LogP contribution >= 0.6 is 11.6 Å². The maximum absolute atomic E-state index is 10.9. The van der Waals surface area contributed by atoms with Crippen molar-refractivity contribution in [3.8, 4) is 0 Å². The predicted octanol–water partition coefficient (Wildman–Crippen LogP) is 3.79. The topological polar surface area (TPSA) is 61.7 Å². The molecule has 0 amide bonds. The minimum atomic E-state index is -1.01. The van der Waals surface area contributed by atoms with Gasteiger partial charge in [0, 0.05) is 0 Å². The summed E-state index contributed by atoms with van der Waals surface area (Å²) in [5.74, 6) is -1.01. The van der Waals surface area contributed by atoms with Gasteiger partial charge in [-0.3, -0.25) is 5.43 Å². The van der Waals surface area contributed by atoms with Crippen molar-refractivity contribution in [2.24, 2.45) is 5.10 Å². The number of rotatable bonds is 4. The number of benzene rings is 2. The van der Waals surface area contributed by atoms with E-state index in [0.717, 1.165) is 11.1 Å². The highest BCUT2D eigenvalue weighted by molar-refractivity contribution is 6.33. The quantitative estimate of drug-likeness (QED) is 0.664. The van der Waals surface area contributed by atoms with E-state index in [0.29, 0.717) is 10.7 Å². The first-order valence-electron chi connectivity index (χ1n) is 5.95. The molecule has 0 aliphatic rings. The molecule has 2 aromatic carbocycles. The van der Waals surface area contributed by atoms with Crippen LogP contribution in [0.4, 0.5) is 5.69 Å². The van der Waals surface area contributed by atoms with Gasteiger partial charge in [-0.15, -0.1) is 0 Å². The monoisotopic (exact) mass is 288 g/mol. The first-order valence-corrected chi connectivity index (χ1v) is 6.33. The van der Waals surface area contributed by atoms with Gasteiger partial charge in [-0.25, -0.2) is 4.79 Å². The second-order valence-electron chi connectivity index (χ2n) is 4.23. The zero-order chi connectivity index (χ0) is 14.5. The Kier molecular flexibility index (Phi) is 4.38. The molecule has 2 N–H and O–H groups in total. The van der Waals surface area contributed by atoms with Crippen molar-refractivity contribution >= 4 is 29.5 Å². The van der Waals surface area contributed by atoms with Crippen LogP contribution in [0.25, 0.3) is 0 Å². The van der Waals surface area contributed by atoms with Crippen molar-refractivity contribution < 1.29 is 9.90 Å².